The summed E-state index contributed by atoms with van der Waals surface area (Å²) in [5, 5.41) is 0. The third kappa shape index (κ3) is 4.75. The second-order valence-electron chi connectivity index (χ2n) is 9.40. The van der Waals surface area contributed by atoms with Gasteiger partial charge in [0.25, 0.3) is 0 Å². The number of allylic oxidation sites excluding steroid dienone is 2. The zero-order chi connectivity index (χ0) is 25.0. The standard InChI is InChI=1S/C31H32O5/c1-4-5-21-32-27-26(34-29-28(27)35-30(2,3)36-29)22-33-31(23-15-9-6-10-16-23,24-17-11-7-12-18-24)25-19-13-8-14-20-25/h4-21,26-29H,1,22H2,2-3H3/b21-5-/t26-,27+,28-,29-/m1/s1. The van der Waals surface area contributed by atoms with Gasteiger partial charge in [-0.3, -0.25) is 0 Å². The number of benzene rings is 3. The van der Waals surface area contributed by atoms with E-state index < -0.39 is 29.9 Å². The molecule has 0 aromatic heterocycles. The Bertz CT molecular complexity index is 1060. The lowest BCUT2D eigenvalue weighted by Gasteiger charge is -2.37. The molecule has 0 saturated carbocycles. The Morgan fingerprint density at radius 2 is 1.36 bits per heavy atom. The van der Waals surface area contributed by atoms with E-state index in [2.05, 4.69) is 43.0 Å². The molecule has 36 heavy (non-hydrogen) atoms. The number of ether oxygens (including phenoxy) is 5. The van der Waals surface area contributed by atoms with Gasteiger partial charge in [-0.15, -0.1) is 0 Å². The van der Waals surface area contributed by atoms with Crippen LogP contribution in [0.2, 0.25) is 0 Å². The van der Waals surface area contributed by atoms with Crippen molar-refractivity contribution in [3.63, 3.8) is 0 Å². The van der Waals surface area contributed by atoms with E-state index in [-0.39, 0.29) is 12.7 Å². The van der Waals surface area contributed by atoms with Gasteiger partial charge in [0, 0.05) is 0 Å². The molecule has 2 saturated heterocycles. The Morgan fingerprint density at radius 1 is 0.833 bits per heavy atom. The molecule has 186 valence electrons. The van der Waals surface area contributed by atoms with Crippen molar-refractivity contribution in [3.8, 4) is 0 Å². The molecule has 0 aliphatic carbocycles. The lowest BCUT2D eigenvalue weighted by atomic mass is 9.80. The van der Waals surface area contributed by atoms with Gasteiger partial charge >= 0.3 is 0 Å². The molecule has 0 radical (unpaired) electrons. The zero-order valence-corrected chi connectivity index (χ0v) is 20.7. The van der Waals surface area contributed by atoms with Crippen LogP contribution in [0, 0.1) is 0 Å². The molecule has 5 rings (SSSR count). The van der Waals surface area contributed by atoms with Crippen molar-refractivity contribution < 1.29 is 23.7 Å². The monoisotopic (exact) mass is 484 g/mol. The lowest BCUT2D eigenvalue weighted by Crippen LogP contribution is -2.41. The number of rotatable bonds is 9. The third-order valence-electron chi connectivity index (χ3n) is 6.54. The third-order valence-corrected chi connectivity index (χ3v) is 6.54. The van der Waals surface area contributed by atoms with Crippen molar-refractivity contribution in [2.75, 3.05) is 6.61 Å². The van der Waals surface area contributed by atoms with Crippen molar-refractivity contribution in [3.05, 3.63) is 133 Å². The summed E-state index contributed by atoms with van der Waals surface area (Å²) in [6, 6.07) is 30.8. The Hall–Kier alpha value is -3.22. The molecule has 2 aliphatic heterocycles. The molecule has 3 aromatic carbocycles. The van der Waals surface area contributed by atoms with Crippen LogP contribution in [-0.4, -0.2) is 37.0 Å². The summed E-state index contributed by atoms with van der Waals surface area (Å²) >= 11 is 0. The van der Waals surface area contributed by atoms with Gasteiger partial charge in [0.1, 0.15) is 11.7 Å². The second kappa shape index (κ2) is 10.4. The van der Waals surface area contributed by atoms with Gasteiger partial charge in [-0.25, -0.2) is 0 Å². The van der Waals surface area contributed by atoms with Gasteiger partial charge in [0.2, 0.25) is 0 Å². The smallest absolute Gasteiger partial charge is 0.191 e. The van der Waals surface area contributed by atoms with Gasteiger partial charge in [0.15, 0.2) is 24.3 Å². The topological polar surface area (TPSA) is 46.2 Å². The molecule has 0 N–H and O–H groups in total. The molecule has 0 spiro atoms. The van der Waals surface area contributed by atoms with Crippen LogP contribution in [-0.2, 0) is 29.3 Å². The van der Waals surface area contributed by atoms with E-state index in [1.54, 1.807) is 18.4 Å². The Labute approximate surface area is 212 Å². The minimum Gasteiger partial charge on any atom is -0.492 e. The summed E-state index contributed by atoms with van der Waals surface area (Å²) < 4.78 is 31.5. The van der Waals surface area contributed by atoms with E-state index in [1.165, 1.54) is 0 Å². The first-order valence-corrected chi connectivity index (χ1v) is 12.3. The maximum absolute atomic E-state index is 6.97. The molecule has 2 heterocycles. The fraction of sp³-hybridized carbons (Fsp3) is 0.290. The summed E-state index contributed by atoms with van der Waals surface area (Å²) in [6.07, 6.45) is 3.30. The van der Waals surface area contributed by atoms with Gasteiger partial charge in [0.05, 0.1) is 12.9 Å². The zero-order valence-electron chi connectivity index (χ0n) is 20.7. The molecule has 0 amide bonds. The summed E-state index contributed by atoms with van der Waals surface area (Å²) in [5.41, 5.74) is 2.22. The van der Waals surface area contributed by atoms with Crippen molar-refractivity contribution in [1.29, 1.82) is 0 Å². The van der Waals surface area contributed by atoms with Crippen LogP contribution in [0.1, 0.15) is 30.5 Å². The van der Waals surface area contributed by atoms with Gasteiger partial charge in [-0.1, -0.05) is 104 Å². The van der Waals surface area contributed by atoms with Gasteiger partial charge < -0.3 is 23.7 Å². The highest BCUT2D eigenvalue weighted by molar-refractivity contribution is 5.47. The van der Waals surface area contributed by atoms with Crippen LogP contribution >= 0.6 is 0 Å². The van der Waals surface area contributed by atoms with E-state index in [1.807, 2.05) is 68.4 Å². The molecular weight excluding hydrogens is 452 g/mol. The van der Waals surface area contributed by atoms with Crippen molar-refractivity contribution >= 4 is 0 Å². The van der Waals surface area contributed by atoms with E-state index in [0.29, 0.717) is 0 Å². The summed E-state index contributed by atoms with van der Waals surface area (Å²) in [4.78, 5) is 0. The van der Waals surface area contributed by atoms with E-state index in [0.717, 1.165) is 16.7 Å². The van der Waals surface area contributed by atoms with Gasteiger partial charge in [-0.05, 0) is 36.6 Å². The van der Waals surface area contributed by atoms with Crippen molar-refractivity contribution in [2.24, 2.45) is 0 Å². The van der Waals surface area contributed by atoms with E-state index in [4.69, 9.17) is 23.7 Å². The fourth-order valence-corrected chi connectivity index (χ4v) is 5.01. The molecule has 0 unspecified atom stereocenters. The van der Waals surface area contributed by atoms with Crippen LogP contribution in [0.5, 0.6) is 0 Å². The molecular formula is C31H32O5. The molecule has 5 nitrogen and oxygen atoms in total. The number of hydrogen-bond donors (Lipinski definition) is 0. The Morgan fingerprint density at radius 3 is 1.86 bits per heavy atom. The minimum absolute atomic E-state index is 0.255. The van der Waals surface area contributed by atoms with E-state index in [9.17, 15) is 0 Å². The molecule has 2 fully saturated rings. The molecule has 2 aliphatic rings. The predicted molar refractivity (Wildman–Crippen MR) is 138 cm³/mol. The first-order valence-electron chi connectivity index (χ1n) is 12.3. The quantitative estimate of drug-likeness (QED) is 0.213. The molecule has 3 aromatic rings. The Kier molecular flexibility index (Phi) is 7.08. The van der Waals surface area contributed by atoms with Crippen LogP contribution < -0.4 is 0 Å². The largest absolute Gasteiger partial charge is 0.492 e. The molecule has 4 atom stereocenters. The maximum atomic E-state index is 6.97. The first kappa shape index (κ1) is 24.5. The predicted octanol–water partition coefficient (Wildman–Crippen LogP) is 5.96. The molecule has 0 bridgehead atoms. The summed E-state index contributed by atoms with van der Waals surface area (Å²) in [7, 11) is 0. The average Bonchev–Trinajstić information content (AvgIpc) is 3.38. The SMILES string of the molecule is C=C/C=C\O[C@@H]1[C@H]2OC(C)(C)O[C@H]2O[C@@H]1COC(c1ccccc1)(c1ccccc1)c1ccccc1. The van der Waals surface area contributed by atoms with Crippen molar-refractivity contribution in [1.82, 2.24) is 0 Å². The van der Waals surface area contributed by atoms with Crippen LogP contribution in [0.4, 0.5) is 0 Å². The minimum atomic E-state index is -0.854. The summed E-state index contributed by atoms with van der Waals surface area (Å²) in [6.45, 7) is 7.73. The first-order chi connectivity index (χ1) is 17.5. The van der Waals surface area contributed by atoms with Crippen LogP contribution in [0.3, 0.4) is 0 Å². The molecule has 5 heteroatoms. The van der Waals surface area contributed by atoms with E-state index >= 15 is 0 Å². The number of fused-ring (bicyclic) bond motifs is 1. The lowest BCUT2D eigenvalue weighted by molar-refractivity contribution is -0.223. The highest BCUT2D eigenvalue weighted by Gasteiger charge is 2.56. The van der Waals surface area contributed by atoms with Crippen LogP contribution in [0.15, 0.2) is 116 Å². The van der Waals surface area contributed by atoms with Gasteiger partial charge in [-0.2, -0.15) is 0 Å². The second-order valence-corrected chi connectivity index (χ2v) is 9.40. The fourth-order valence-electron chi connectivity index (χ4n) is 5.01. The number of hydrogen-bond acceptors (Lipinski definition) is 5. The summed E-state index contributed by atoms with van der Waals surface area (Å²) in [5.74, 6) is -0.743. The van der Waals surface area contributed by atoms with Crippen molar-refractivity contribution in [2.45, 2.75) is 49.8 Å². The Balaban J connectivity index is 1.52. The maximum Gasteiger partial charge on any atom is 0.191 e. The highest BCUT2D eigenvalue weighted by atomic mass is 16.8. The van der Waals surface area contributed by atoms with Crippen LogP contribution in [0.25, 0.3) is 0 Å². The average molecular weight is 485 g/mol. The highest BCUT2D eigenvalue weighted by Crippen LogP contribution is 2.43. The normalized spacial score (nSPS) is 25.1.